The van der Waals surface area contributed by atoms with Crippen molar-refractivity contribution >= 4 is 0 Å². The second-order valence-corrected chi connectivity index (χ2v) is 7.39. The third-order valence-corrected chi connectivity index (χ3v) is 5.28. The van der Waals surface area contributed by atoms with Gasteiger partial charge in [-0.25, -0.2) is 4.98 Å². The monoisotopic (exact) mass is 342 g/mol. The van der Waals surface area contributed by atoms with Crippen LogP contribution in [0.1, 0.15) is 50.6 Å². The number of ether oxygens (including phenoxy) is 2. The van der Waals surface area contributed by atoms with Gasteiger partial charge in [-0.1, -0.05) is 24.4 Å². The minimum absolute atomic E-state index is 0.224. The predicted molar refractivity (Wildman–Crippen MR) is 94.4 cm³/mol. The van der Waals surface area contributed by atoms with Crippen LogP contribution in [0.25, 0.3) is 11.3 Å². The van der Waals surface area contributed by atoms with E-state index in [2.05, 4.69) is 10.1 Å². The number of aryl methyl sites for hydroxylation is 1. The van der Waals surface area contributed by atoms with Gasteiger partial charge in [0.15, 0.2) is 5.76 Å². The third kappa shape index (κ3) is 4.21. The van der Waals surface area contributed by atoms with Gasteiger partial charge in [0.2, 0.25) is 5.88 Å². The van der Waals surface area contributed by atoms with Crippen LogP contribution in [0.3, 0.4) is 0 Å². The topological polar surface area (TPSA) is 57.4 Å². The molecule has 5 nitrogen and oxygen atoms in total. The molecule has 0 atom stereocenters. The molecule has 5 heteroatoms. The van der Waals surface area contributed by atoms with Gasteiger partial charge in [0, 0.05) is 43.3 Å². The average molecular weight is 342 g/mol. The van der Waals surface area contributed by atoms with E-state index in [1.54, 1.807) is 6.20 Å². The van der Waals surface area contributed by atoms with E-state index in [9.17, 15) is 0 Å². The molecule has 4 rings (SSSR count). The Hall–Kier alpha value is -1.88. The normalized spacial score (nSPS) is 24.0. The van der Waals surface area contributed by atoms with Crippen molar-refractivity contribution in [3.8, 4) is 17.2 Å². The fraction of sp³-hybridized carbons (Fsp3) is 0.600. The zero-order valence-corrected chi connectivity index (χ0v) is 14.8. The Bertz CT molecular complexity index is 671. The van der Waals surface area contributed by atoms with Gasteiger partial charge in [0.1, 0.15) is 6.10 Å². The summed E-state index contributed by atoms with van der Waals surface area (Å²) in [4.78, 5) is 4.38. The van der Waals surface area contributed by atoms with Crippen molar-refractivity contribution in [3.05, 3.63) is 30.1 Å². The van der Waals surface area contributed by atoms with Crippen LogP contribution in [-0.4, -0.2) is 29.0 Å². The summed E-state index contributed by atoms with van der Waals surface area (Å²) in [5.74, 6) is 2.18. The van der Waals surface area contributed by atoms with Gasteiger partial charge in [-0.05, 0) is 31.7 Å². The highest BCUT2D eigenvalue weighted by atomic mass is 16.5. The van der Waals surface area contributed by atoms with Crippen LogP contribution in [0.5, 0.6) is 5.88 Å². The molecule has 134 valence electrons. The molecule has 0 saturated heterocycles. The highest BCUT2D eigenvalue weighted by Gasteiger charge is 2.32. The molecule has 0 aromatic carbocycles. The Balaban J connectivity index is 1.20. The molecule has 0 bridgehead atoms. The SMILES string of the molecule is Cc1cc(-c2ccc(OC3CC(OCC4CCCCC4)C3)nc2)on1. The van der Waals surface area contributed by atoms with Gasteiger partial charge < -0.3 is 14.0 Å². The first-order valence-electron chi connectivity index (χ1n) is 9.44. The van der Waals surface area contributed by atoms with E-state index in [0.717, 1.165) is 42.4 Å². The zero-order chi connectivity index (χ0) is 17.1. The van der Waals surface area contributed by atoms with E-state index in [1.165, 1.54) is 32.1 Å². The third-order valence-electron chi connectivity index (χ3n) is 5.28. The summed E-state index contributed by atoms with van der Waals surface area (Å²) in [6.07, 6.45) is 11.1. The van der Waals surface area contributed by atoms with Crippen LogP contribution >= 0.6 is 0 Å². The highest BCUT2D eigenvalue weighted by molar-refractivity contribution is 5.56. The van der Waals surface area contributed by atoms with Crippen LogP contribution in [0.15, 0.2) is 28.9 Å². The summed E-state index contributed by atoms with van der Waals surface area (Å²) in [6.45, 7) is 2.84. The van der Waals surface area contributed by atoms with Gasteiger partial charge in [-0.2, -0.15) is 0 Å². The van der Waals surface area contributed by atoms with Crippen molar-refractivity contribution in [3.63, 3.8) is 0 Å². The highest BCUT2D eigenvalue weighted by Crippen LogP contribution is 2.30. The lowest BCUT2D eigenvalue weighted by Gasteiger charge is -2.36. The minimum atomic E-state index is 0.224. The first-order chi connectivity index (χ1) is 12.3. The molecular weight excluding hydrogens is 316 g/mol. The Kier molecular flexibility index (Phi) is 5.02. The van der Waals surface area contributed by atoms with Crippen molar-refractivity contribution in [1.29, 1.82) is 0 Å². The second kappa shape index (κ2) is 7.56. The summed E-state index contributed by atoms with van der Waals surface area (Å²) >= 11 is 0. The van der Waals surface area contributed by atoms with E-state index >= 15 is 0 Å². The number of rotatable bonds is 6. The van der Waals surface area contributed by atoms with Crippen molar-refractivity contribution in [1.82, 2.24) is 10.1 Å². The first-order valence-corrected chi connectivity index (χ1v) is 9.44. The molecule has 2 aromatic rings. The lowest BCUT2D eigenvalue weighted by Crippen LogP contribution is -2.40. The maximum Gasteiger partial charge on any atom is 0.213 e. The second-order valence-electron chi connectivity index (χ2n) is 7.39. The smallest absolute Gasteiger partial charge is 0.213 e. The molecule has 2 aliphatic carbocycles. The lowest BCUT2D eigenvalue weighted by molar-refractivity contribution is -0.0749. The Labute approximate surface area is 148 Å². The van der Waals surface area contributed by atoms with Crippen molar-refractivity contribution in [2.75, 3.05) is 6.61 Å². The van der Waals surface area contributed by atoms with E-state index in [-0.39, 0.29) is 6.10 Å². The molecular formula is C20H26N2O3. The molecule has 2 aliphatic rings. The van der Waals surface area contributed by atoms with Crippen LogP contribution < -0.4 is 4.74 Å². The minimum Gasteiger partial charge on any atom is -0.474 e. The Morgan fingerprint density at radius 1 is 1.12 bits per heavy atom. The zero-order valence-electron chi connectivity index (χ0n) is 14.8. The molecule has 25 heavy (non-hydrogen) atoms. The van der Waals surface area contributed by atoms with Crippen LogP contribution in [0, 0.1) is 12.8 Å². The fourth-order valence-electron chi connectivity index (χ4n) is 3.64. The lowest BCUT2D eigenvalue weighted by atomic mass is 9.89. The quantitative estimate of drug-likeness (QED) is 0.771. The van der Waals surface area contributed by atoms with E-state index in [0.29, 0.717) is 12.0 Å². The molecule has 0 spiro atoms. The molecule has 2 heterocycles. The van der Waals surface area contributed by atoms with Gasteiger partial charge in [-0.15, -0.1) is 0 Å². The Morgan fingerprint density at radius 3 is 2.64 bits per heavy atom. The molecule has 2 saturated carbocycles. The summed E-state index contributed by atoms with van der Waals surface area (Å²) in [5.41, 5.74) is 1.78. The summed E-state index contributed by atoms with van der Waals surface area (Å²) in [5, 5.41) is 3.90. The number of hydrogen-bond donors (Lipinski definition) is 0. The number of aromatic nitrogens is 2. The fourth-order valence-corrected chi connectivity index (χ4v) is 3.64. The van der Waals surface area contributed by atoms with Crippen LogP contribution in [0.2, 0.25) is 0 Å². The van der Waals surface area contributed by atoms with E-state index in [4.69, 9.17) is 14.0 Å². The van der Waals surface area contributed by atoms with Gasteiger partial charge in [0.25, 0.3) is 0 Å². The first kappa shape index (κ1) is 16.6. The summed E-state index contributed by atoms with van der Waals surface area (Å²) in [7, 11) is 0. The molecule has 2 fully saturated rings. The van der Waals surface area contributed by atoms with Crippen LogP contribution in [-0.2, 0) is 4.74 Å². The molecule has 2 aromatic heterocycles. The van der Waals surface area contributed by atoms with Crippen molar-refractivity contribution in [2.24, 2.45) is 5.92 Å². The van der Waals surface area contributed by atoms with Crippen LogP contribution in [0.4, 0.5) is 0 Å². The number of nitrogens with zero attached hydrogens (tertiary/aromatic N) is 2. The number of hydrogen-bond acceptors (Lipinski definition) is 5. The summed E-state index contributed by atoms with van der Waals surface area (Å²) in [6, 6.07) is 5.75. The van der Waals surface area contributed by atoms with Gasteiger partial charge >= 0.3 is 0 Å². The standard InChI is InChI=1S/C20H26N2O3/c1-14-9-19(25-22-14)16-7-8-20(21-12-16)24-18-10-17(11-18)23-13-15-5-3-2-4-6-15/h7-9,12,15,17-18H,2-6,10-11,13H2,1H3. The van der Waals surface area contributed by atoms with Gasteiger partial charge in [-0.3, -0.25) is 0 Å². The largest absolute Gasteiger partial charge is 0.474 e. The average Bonchev–Trinajstić information content (AvgIpc) is 3.05. The Morgan fingerprint density at radius 2 is 1.96 bits per heavy atom. The molecule has 0 unspecified atom stereocenters. The maximum absolute atomic E-state index is 6.04. The molecule has 0 N–H and O–H groups in total. The number of pyridine rings is 1. The van der Waals surface area contributed by atoms with Crippen molar-refractivity contribution in [2.45, 2.75) is 64.1 Å². The summed E-state index contributed by atoms with van der Waals surface area (Å²) < 4.78 is 17.2. The molecule has 0 radical (unpaired) electrons. The van der Waals surface area contributed by atoms with E-state index in [1.807, 2.05) is 25.1 Å². The van der Waals surface area contributed by atoms with E-state index < -0.39 is 0 Å². The maximum atomic E-state index is 6.04. The van der Waals surface area contributed by atoms with Crippen molar-refractivity contribution < 1.29 is 14.0 Å². The molecule has 0 amide bonds. The van der Waals surface area contributed by atoms with Gasteiger partial charge in [0.05, 0.1) is 11.8 Å². The molecule has 0 aliphatic heterocycles. The predicted octanol–water partition coefficient (Wildman–Crippen LogP) is 4.55.